The minimum absolute atomic E-state index is 0.0887. The Morgan fingerprint density at radius 1 is 1.22 bits per heavy atom. The Morgan fingerprint density at radius 3 is 2.70 bits per heavy atom. The van der Waals surface area contributed by atoms with E-state index in [1.807, 2.05) is 44.8 Å². The molecular formula is C21H24N4OS. The lowest BCUT2D eigenvalue weighted by Gasteiger charge is -2.32. The van der Waals surface area contributed by atoms with Crippen molar-refractivity contribution < 1.29 is 4.79 Å². The van der Waals surface area contributed by atoms with Gasteiger partial charge in [0.15, 0.2) is 0 Å². The summed E-state index contributed by atoms with van der Waals surface area (Å²) in [5.74, 6) is 0.498. The molecule has 0 saturated carbocycles. The average Bonchev–Trinajstić information content (AvgIpc) is 3.08. The van der Waals surface area contributed by atoms with Gasteiger partial charge in [0.05, 0.1) is 4.88 Å². The lowest BCUT2D eigenvalue weighted by atomic mass is 9.87. The van der Waals surface area contributed by atoms with Crippen molar-refractivity contribution >= 4 is 27.5 Å². The van der Waals surface area contributed by atoms with Gasteiger partial charge in [-0.15, -0.1) is 11.3 Å². The van der Waals surface area contributed by atoms with Crippen LogP contribution in [0.25, 0.3) is 10.2 Å². The molecule has 4 heterocycles. The molecule has 0 radical (unpaired) electrons. The zero-order valence-corrected chi connectivity index (χ0v) is 16.6. The van der Waals surface area contributed by atoms with Crippen LogP contribution < -0.4 is 0 Å². The molecule has 0 aliphatic carbocycles. The number of aromatic nitrogens is 2. The first-order valence-electron chi connectivity index (χ1n) is 9.34. The van der Waals surface area contributed by atoms with Crippen LogP contribution in [0.2, 0.25) is 0 Å². The van der Waals surface area contributed by atoms with E-state index < -0.39 is 0 Å². The van der Waals surface area contributed by atoms with Gasteiger partial charge in [-0.25, -0.2) is 4.98 Å². The second-order valence-electron chi connectivity index (χ2n) is 7.31. The number of rotatable bonds is 4. The fourth-order valence-corrected chi connectivity index (χ4v) is 5.10. The van der Waals surface area contributed by atoms with Gasteiger partial charge < -0.3 is 4.90 Å². The fraction of sp³-hybridized carbons (Fsp3) is 0.381. The molecule has 6 heteroatoms. The molecule has 0 unspecified atom stereocenters. The van der Waals surface area contributed by atoms with Crippen molar-refractivity contribution in [3.63, 3.8) is 0 Å². The molecule has 0 bridgehead atoms. The molecule has 3 aromatic heterocycles. The van der Waals surface area contributed by atoms with E-state index in [0.717, 1.165) is 47.6 Å². The number of carbonyl (C=O) groups is 1. The van der Waals surface area contributed by atoms with Gasteiger partial charge in [0.25, 0.3) is 5.91 Å². The molecule has 0 spiro atoms. The summed E-state index contributed by atoms with van der Waals surface area (Å²) in [5, 5.41) is 1.15. The first-order chi connectivity index (χ1) is 13.1. The van der Waals surface area contributed by atoms with Crippen LogP contribution in [0.5, 0.6) is 0 Å². The normalized spacial score (nSPS) is 15.9. The first-order valence-corrected chi connectivity index (χ1v) is 10.2. The van der Waals surface area contributed by atoms with Gasteiger partial charge in [0.2, 0.25) is 0 Å². The summed E-state index contributed by atoms with van der Waals surface area (Å²) in [6.45, 7) is 3.01. The second-order valence-corrected chi connectivity index (χ2v) is 8.31. The highest BCUT2D eigenvalue weighted by Crippen LogP contribution is 2.40. The molecule has 0 aromatic carbocycles. The zero-order valence-electron chi connectivity index (χ0n) is 15.8. The largest absolute Gasteiger partial charge is 0.344 e. The predicted molar refractivity (Wildman–Crippen MR) is 109 cm³/mol. The molecule has 0 atom stereocenters. The Labute approximate surface area is 163 Å². The van der Waals surface area contributed by atoms with Gasteiger partial charge >= 0.3 is 0 Å². The maximum Gasteiger partial charge on any atom is 0.263 e. The van der Waals surface area contributed by atoms with E-state index in [1.165, 1.54) is 22.5 Å². The quantitative estimate of drug-likeness (QED) is 0.691. The molecular weight excluding hydrogens is 356 g/mol. The van der Waals surface area contributed by atoms with Gasteiger partial charge in [0.1, 0.15) is 4.83 Å². The molecule has 1 fully saturated rings. The maximum absolute atomic E-state index is 12.8. The van der Waals surface area contributed by atoms with Gasteiger partial charge in [0, 0.05) is 44.6 Å². The van der Waals surface area contributed by atoms with E-state index in [4.69, 9.17) is 0 Å². The minimum atomic E-state index is 0.0887. The van der Waals surface area contributed by atoms with Crippen LogP contribution in [-0.2, 0) is 6.54 Å². The predicted octanol–water partition coefficient (Wildman–Crippen LogP) is 3.77. The van der Waals surface area contributed by atoms with Crippen LogP contribution in [0.15, 0.2) is 42.9 Å². The van der Waals surface area contributed by atoms with Crippen molar-refractivity contribution in [2.45, 2.75) is 25.3 Å². The molecule has 0 N–H and O–H groups in total. The average molecular weight is 381 g/mol. The van der Waals surface area contributed by atoms with Crippen LogP contribution in [-0.4, -0.2) is 52.9 Å². The van der Waals surface area contributed by atoms with Crippen molar-refractivity contribution in [2.75, 3.05) is 27.2 Å². The molecule has 1 aliphatic heterocycles. The summed E-state index contributed by atoms with van der Waals surface area (Å²) in [4.78, 5) is 27.5. The summed E-state index contributed by atoms with van der Waals surface area (Å²) in [5.41, 5.74) is 2.47. The Balaban J connectivity index is 1.56. The zero-order chi connectivity index (χ0) is 18.8. The number of carbonyl (C=O) groups excluding carboxylic acids is 1. The van der Waals surface area contributed by atoms with E-state index in [1.54, 1.807) is 4.90 Å². The van der Waals surface area contributed by atoms with Crippen molar-refractivity contribution in [2.24, 2.45) is 0 Å². The van der Waals surface area contributed by atoms with Gasteiger partial charge in [-0.1, -0.05) is 12.1 Å². The summed E-state index contributed by atoms with van der Waals surface area (Å²) in [6.07, 6.45) is 7.69. The SMILES string of the molecule is CN(C)C(=O)c1sc2ncccc2c1C1CCN(Cc2cccnc2)CC1. The number of nitrogens with zero attached hydrogens (tertiary/aromatic N) is 4. The van der Waals surface area contributed by atoms with Crippen molar-refractivity contribution in [3.05, 3.63) is 58.9 Å². The fourth-order valence-electron chi connectivity index (χ4n) is 3.85. The number of fused-ring (bicyclic) bond motifs is 1. The standard InChI is InChI=1S/C21H24N4OS/c1-24(2)21(26)19-18(17-6-4-10-23-20(17)27-19)16-7-11-25(12-8-16)14-15-5-3-9-22-13-15/h3-6,9-10,13,16H,7-8,11-12,14H2,1-2H3. The molecule has 27 heavy (non-hydrogen) atoms. The molecule has 1 saturated heterocycles. The summed E-state index contributed by atoms with van der Waals surface area (Å²) in [6, 6.07) is 8.21. The highest BCUT2D eigenvalue weighted by Gasteiger charge is 2.29. The second kappa shape index (κ2) is 7.74. The smallest absolute Gasteiger partial charge is 0.263 e. The maximum atomic E-state index is 12.8. The van der Waals surface area contributed by atoms with Gasteiger partial charge in [-0.2, -0.15) is 0 Å². The molecule has 1 amide bonds. The van der Waals surface area contributed by atoms with E-state index in [-0.39, 0.29) is 5.91 Å². The number of piperidine rings is 1. The van der Waals surface area contributed by atoms with E-state index in [0.29, 0.717) is 5.92 Å². The van der Waals surface area contributed by atoms with Crippen molar-refractivity contribution in [3.8, 4) is 0 Å². The lowest BCUT2D eigenvalue weighted by Crippen LogP contribution is -2.33. The number of pyridine rings is 2. The third-order valence-corrected chi connectivity index (χ3v) is 6.35. The summed E-state index contributed by atoms with van der Waals surface area (Å²) in [7, 11) is 3.64. The van der Waals surface area contributed by atoms with Crippen molar-refractivity contribution in [1.29, 1.82) is 0 Å². The van der Waals surface area contributed by atoms with Crippen LogP contribution in [0, 0.1) is 0 Å². The highest BCUT2D eigenvalue weighted by molar-refractivity contribution is 7.20. The summed E-state index contributed by atoms with van der Waals surface area (Å²) < 4.78 is 0. The Bertz CT molecular complexity index is 930. The van der Waals surface area contributed by atoms with Gasteiger partial charge in [-0.05, 0) is 55.1 Å². The third kappa shape index (κ3) is 3.73. The van der Waals surface area contributed by atoms with Crippen LogP contribution in [0.4, 0.5) is 0 Å². The minimum Gasteiger partial charge on any atom is -0.344 e. The number of thiophene rings is 1. The lowest BCUT2D eigenvalue weighted by molar-refractivity contribution is 0.0830. The van der Waals surface area contributed by atoms with Crippen LogP contribution in [0.1, 0.15) is 39.6 Å². The Kier molecular flexibility index (Phi) is 5.18. The highest BCUT2D eigenvalue weighted by atomic mass is 32.1. The topological polar surface area (TPSA) is 49.3 Å². The number of likely N-dealkylation sites (tertiary alicyclic amines) is 1. The Hall–Kier alpha value is -2.31. The molecule has 1 aliphatic rings. The van der Waals surface area contributed by atoms with Crippen molar-refractivity contribution in [1.82, 2.24) is 19.8 Å². The Morgan fingerprint density at radius 2 is 2.00 bits per heavy atom. The number of amides is 1. The third-order valence-electron chi connectivity index (χ3n) is 5.23. The van der Waals surface area contributed by atoms with E-state index >= 15 is 0 Å². The number of hydrogen-bond acceptors (Lipinski definition) is 5. The molecule has 3 aromatic rings. The molecule has 140 valence electrons. The molecule has 5 nitrogen and oxygen atoms in total. The summed E-state index contributed by atoms with van der Waals surface area (Å²) >= 11 is 1.53. The van der Waals surface area contributed by atoms with Gasteiger partial charge in [-0.3, -0.25) is 14.7 Å². The molecule has 4 rings (SSSR count). The van der Waals surface area contributed by atoms with Crippen LogP contribution in [0.3, 0.4) is 0 Å². The first kappa shape index (κ1) is 18.1. The monoisotopic (exact) mass is 380 g/mol. The van der Waals surface area contributed by atoms with E-state index in [2.05, 4.69) is 27.0 Å². The van der Waals surface area contributed by atoms with Crippen LogP contribution >= 0.6 is 11.3 Å². The van der Waals surface area contributed by atoms with E-state index in [9.17, 15) is 4.79 Å². The number of hydrogen-bond donors (Lipinski definition) is 0.